The highest BCUT2D eigenvalue weighted by Crippen LogP contribution is 2.22. The van der Waals surface area contributed by atoms with Crippen LogP contribution in [0.4, 0.5) is 0 Å². The van der Waals surface area contributed by atoms with Crippen LogP contribution < -0.4 is 10.1 Å². The largest absolute Gasteiger partial charge is 0.484 e. The average molecular weight is 348 g/mol. The van der Waals surface area contributed by atoms with Gasteiger partial charge in [0, 0.05) is 32.0 Å². The van der Waals surface area contributed by atoms with Crippen LogP contribution in [-0.2, 0) is 4.79 Å². The molecule has 1 atom stereocenters. The summed E-state index contributed by atoms with van der Waals surface area (Å²) >= 11 is 0. The summed E-state index contributed by atoms with van der Waals surface area (Å²) < 4.78 is 5.66. The lowest BCUT2D eigenvalue weighted by molar-refractivity contribution is -0.136. The average Bonchev–Trinajstić information content (AvgIpc) is 2.60. The Morgan fingerprint density at radius 3 is 3.00 bits per heavy atom. The molecule has 0 spiro atoms. The minimum atomic E-state index is 0. The Morgan fingerprint density at radius 2 is 2.25 bits per heavy atom. The summed E-state index contributed by atoms with van der Waals surface area (Å²) in [5.41, 5.74) is 2.16. The minimum Gasteiger partial charge on any atom is -0.484 e. The second-order valence-electron chi connectivity index (χ2n) is 5.70. The van der Waals surface area contributed by atoms with E-state index in [1.54, 1.807) is 6.20 Å². The number of rotatable bonds is 4. The molecular weight excluding hydrogens is 326 g/mol. The van der Waals surface area contributed by atoms with Crippen molar-refractivity contribution in [3.8, 4) is 5.75 Å². The Kier molecular flexibility index (Phi) is 6.58. The number of nitrogens with zero attached hydrogens (tertiary/aromatic N) is 2. The smallest absolute Gasteiger partial charge is 0.261 e. The standard InChI is InChI=1S/C18H21N3O2.ClH/c1-14-4-2-6-16(10-14)23-13-18(22)21-9-8-20-12-17(21)15-5-3-7-19-11-15;/h2-7,10-11,17,20H,8-9,12-13H2,1H3;1H. The van der Waals surface area contributed by atoms with Crippen molar-refractivity contribution in [2.24, 2.45) is 0 Å². The second-order valence-corrected chi connectivity index (χ2v) is 5.70. The Bertz CT molecular complexity index is 666. The molecule has 1 N–H and O–H groups in total. The Hall–Kier alpha value is -2.11. The van der Waals surface area contributed by atoms with Gasteiger partial charge in [0.05, 0.1) is 6.04 Å². The zero-order chi connectivity index (χ0) is 16.1. The lowest BCUT2D eigenvalue weighted by Crippen LogP contribution is -2.50. The molecule has 1 saturated heterocycles. The SMILES string of the molecule is Cc1cccc(OCC(=O)N2CCNCC2c2cccnc2)c1.Cl. The number of carbonyl (C=O) groups excluding carboxylic acids is 1. The normalized spacial score (nSPS) is 17.0. The lowest BCUT2D eigenvalue weighted by Gasteiger charge is -2.36. The number of carbonyl (C=O) groups is 1. The Labute approximate surface area is 148 Å². The predicted octanol–water partition coefficient (Wildman–Crippen LogP) is 2.36. The molecule has 1 amide bonds. The molecule has 24 heavy (non-hydrogen) atoms. The van der Waals surface area contributed by atoms with E-state index in [0.29, 0.717) is 6.54 Å². The molecule has 1 aromatic carbocycles. The summed E-state index contributed by atoms with van der Waals surface area (Å²) in [6, 6.07) is 11.6. The zero-order valence-electron chi connectivity index (χ0n) is 13.6. The molecule has 1 aromatic heterocycles. The first-order valence-corrected chi connectivity index (χ1v) is 7.83. The number of aryl methyl sites for hydroxylation is 1. The van der Waals surface area contributed by atoms with Crippen LogP contribution in [0.25, 0.3) is 0 Å². The van der Waals surface area contributed by atoms with Crippen molar-refractivity contribution >= 4 is 18.3 Å². The van der Waals surface area contributed by atoms with E-state index in [0.717, 1.165) is 30.0 Å². The fraction of sp³-hybridized carbons (Fsp3) is 0.333. The van der Waals surface area contributed by atoms with Gasteiger partial charge in [0.1, 0.15) is 5.75 Å². The molecule has 128 valence electrons. The number of benzene rings is 1. The highest BCUT2D eigenvalue weighted by atomic mass is 35.5. The van der Waals surface area contributed by atoms with E-state index in [1.165, 1.54) is 0 Å². The van der Waals surface area contributed by atoms with Crippen LogP contribution in [0, 0.1) is 6.92 Å². The molecule has 0 bridgehead atoms. The van der Waals surface area contributed by atoms with E-state index in [4.69, 9.17) is 4.74 Å². The van der Waals surface area contributed by atoms with Crippen molar-refractivity contribution in [1.82, 2.24) is 15.2 Å². The molecule has 1 aliphatic rings. The van der Waals surface area contributed by atoms with Crippen molar-refractivity contribution in [2.45, 2.75) is 13.0 Å². The van der Waals surface area contributed by atoms with Gasteiger partial charge in [-0.1, -0.05) is 18.2 Å². The van der Waals surface area contributed by atoms with E-state index < -0.39 is 0 Å². The van der Waals surface area contributed by atoms with Crippen LogP contribution >= 0.6 is 12.4 Å². The van der Waals surface area contributed by atoms with Gasteiger partial charge in [-0.05, 0) is 36.2 Å². The second kappa shape index (κ2) is 8.66. The van der Waals surface area contributed by atoms with Crippen LogP contribution in [0.3, 0.4) is 0 Å². The molecule has 3 rings (SSSR count). The summed E-state index contributed by atoms with van der Waals surface area (Å²) in [6.07, 6.45) is 3.56. The van der Waals surface area contributed by atoms with E-state index in [2.05, 4.69) is 10.3 Å². The quantitative estimate of drug-likeness (QED) is 0.922. The lowest BCUT2D eigenvalue weighted by atomic mass is 10.1. The fourth-order valence-electron chi connectivity index (χ4n) is 2.81. The molecule has 0 saturated carbocycles. The number of hydrogen-bond acceptors (Lipinski definition) is 4. The first-order valence-electron chi connectivity index (χ1n) is 7.83. The maximum Gasteiger partial charge on any atom is 0.261 e. The molecular formula is C18H22ClN3O2. The van der Waals surface area contributed by atoms with Crippen LogP contribution in [0.15, 0.2) is 48.8 Å². The maximum atomic E-state index is 12.6. The van der Waals surface area contributed by atoms with Gasteiger partial charge in [0.25, 0.3) is 5.91 Å². The number of piperazine rings is 1. The maximum absolute atomic E-state index is 12.6. The Balaban J connectivity index is 0.00000208. The number of halogens is 1. The predicted molar refractivity (Wildman–Crippen MR) is 95.5 cm³/mol. The van der Waals surface area contributed by atoms with E-state index in [1.807, 2.05) is 54.4 Å². The van der Waals surface area contributed by atoms with Crippen LogP contribution in [-0.4, -0.2) is 42.0 Å². The van der Waals surface area contributed by atoms with E-state index in [9.17, 15) is 4.79 Å². The van der Waals surface area contributed by atoms with Crippen LogP contribution in [0.1, 0.15) is 17.2 Å². The molecule has 1 fully saturated rings. The highest BCUT2D eigenvalue weighted by Gasteiger charge is 2.28. The molecule has 6 heteroatoms. The molecule has 2 aromatic rings. The number of aromatic nitrogens is 1. The first kappa shape index (κ1) is 18.2. The van der Waals surface area contributed by atoms with Crippen LogP contribution in [0.2, 0.25) is 0 Å². The molecule has 0 radical (unpaired) electrons. The summed E-state index contributed by atoms with van der Waals surface area (Å²) in [5.74, 6) is 0.730. The molecule has 1 unspecified atom stereocenters. The molecule has 0 aliphatic carbocycles. The monoisotopic (exact) mass is 347 g/mol. The van der Waals surface area contributed by atoms with Gasteiger partial charge in [-0.25, -0.2) is 0 Å². The highest BCUT2D eigenvalue weighted by molar-refractivity contribution is 5.85. The summed E-state index contributed by atoms with van der Waals surface area (Å²) in [4.78, 5) is 18.6. The third-order valence-electron chi connectivity index (χ3n) is 3.98. The van der Waals surface area contributed by atoms with Crippen molar-refractivity contribution in [1.29, 1.82) is 0 Å². The number of hydrogen-bond donors (Lipinski definition) is 1. The van der Waals surface area contributed by atoms with Gasteiger partial charge in [0.2, 0.25) is 0 Å². The van der Waals surface area contributed by atoms with Crippen molar-refractivity contribution in [3.63, 3.8) is 0 Å². The fourth-order valence-corrected chi connectivity index (χ4v) is 2.81. The number of ether oxygens (including phenoxy) is 1. The molecule has 5 nitrogen and oxygen atoms in total. The summed E-state index contributed by atoms with van der Waals surface area (Å²) in [6.45, 7) is 4.27. The van der Waals surface area contributed by atoms with E-state index >= 15 is 0 Å². The van der Waals surface area contributed by atoms with Gasteiger partial charge >= 0.3 is 0 Å². The van der Waals surface area contributed by atoms with Gasteiger partial charge in [0.15, 0.2) is 6.61 Å². The topological polar surface area (TPSA) is 54.5 Å². The number of amides is 1. The molecule has 2 heterocycles. The Morgan fingerprint density at radius 1 is 1.38 bits per heavy atom. The van der Waals surface area contributed by atoms with Crippen molar-refractivity contribution < 1.29 is 9.53 Å². The minimum absolute atomic E-state index is 0. The van der Waals surface area contributed by atoms with Gasteiger partial charge in [-0.3, -0.25) is 9.78 Å². The van der Waals surface area contributed by atoms with Gasteiger partial charge in [-0.2, -0.15) is 0 Å². The summed E-state index contributed by atoms with van der Waals surface area (Å²) in [7, 11) is 0. The van der Waals surface area contributed by atoms with Gasteiger partial charge < -0.3 is 15.0 Å². The molecule has 1 aliphatic heterocycles. The van der Waals surface area contributed by atoms with Crippen LogP contribution in [0.5, 0.6) is 5.75 Å². The number of nitrogens with one attached hydrogen (secondary N) is 1. The third-order valence-corrected chi connectivity index (χ3v) is 3.98. The zero-order valence-corrected chi connectivity index (χ0v) is 14.5. The third kappa shape index (κ3) is 4.46. The number of pyridine rings is 1. The van der Waals surface area contributed by atoms with Crippen molar-refractivity contribution in [2.75, 3.05) is 26.2 Å². The first-order chi connectivity index (χ1) is 11.2. The van der Waals surface area contributed by atoms with Gasteiger partial charge in [-0.15, -0.1) is 12.4 Å². The summed E-state index contributed by atoms with van der Waals surface area (Å²) in [5, 5.41) is 3.34. The van der Waals surface area contributed by atoms with Crippen molar-refractivity contribution in [3.05, 3.63) is 59.9 Å². The van der Waals surface area contributed by atoms with E-state index in [-0.39, 0.29) is 31.0 Å².